The zero-order valence-electron chi connectivity index (χ0n) is 10.4. The van der Waals surface area contributed by atoms with Gasteiger partial charge in [0.05, 0.1) is 12.1 Å². The fourth-order valence-electron chi connectivity index (χ4n) is 1.67. The molecule has 1 aromatic carbocycles. The van der Waals surface area contributed by atoms with Crippen LogP contribution >= 0.6 is 22.9 Å². The van der Waals surface area contributed by atoms with Crippen molar-refractivity contribution in [3.05, 3.63) is 50.2 Å². The molecular formula is C13H11ClFNO2S. The fourth-order valence-corrected chi connectivity index (χ4v) is 2.83. The highest BCUT2D eigenvalue weighted by atomic mass is 35.5. The molecule has 0 atom stereocenters. The van der Waals surface area contributed by atoms with Crippen LogP contribution in [0.5, 0.6) is 0 Å². The second-order valence-electron chi connectivity index (χ2n) is 3.88. The SMILES string of the molecule is COC(=O)c1nc(Cc2c(F)cccc2Cl)sc1C. The molecule has 0 N–H and O–H groups in total. The Bertz CT molecular complexity index is 607. The maximum Gasteiger partial charge on any atom is 0.357 e. The van der Waals surface area contributed by atoms with Crippen LogP contribution in [0.1, 0.15) is 25.9 Å². The smallest absolute Gasteiger partial charge is 0.357 e. The number of hydrogen-bond donors (Lipinski definition) is 0. The van der Waals surface area contributed by atoms with Gasteiger partial charge in [0.1, 0.15) is 5.82 Å². The Morgan fingerprint density at radius 3 is 2.89 bits per heavy atom. The van der Waals surface area contributed by atoms with E-state index in [0.717, 1.165) is 4.88 Å². The van der Waals surface area contributed by atoms with Crippen molar-refractivity contribution in [2.24, 2.45) is 0 Å². The summed E-state index contributed by atoms with van der Waals surface area (Å²) in [4.78, 5) is 16.4. The number of carbonyl (C=O) groups is 1. The minimum atomic E-state index is -0.486. The first-order valence-electron chi connectivity index (χ1n) is 5.50. The molecule has 2 rings (SSSR count). The second kappa shape index (κ2) is 5.67. The molecule has 100 valence electrons. The van der Waals surface area contributed by atoms with E-state index in [2.05, 4.69) is 9.72 Å². The zero-order valence-corrected chi connectivity index (χ0v) is 11.9. The van der Waals surface area contributed by atoms with Crippen molar-refractivity contribution in [2.45, 2.75) is 13.3 Å². The van der Waals surface area contributed by atoms with Gasteiger partial charge >= 0.3 is 5.97 Å². The molecule has 0 aliphatic rings. The molecule has 0 saturated heterocycles. The summed E-state index contributed by atoms with van der Waals surface area (Å²) < 4.78 is 18.3. The van der Waals surface area contributed by atoms with Gasteiger partial charge in [-0.2, -0.15) is 0 Å². The lowest BCUT2D eigenvalue weighted by atomic mass is 10.1. The quantitative estimate of drug-likeness (QED) is 0.813. The van der Waals surface area contributed by atoms with Crippen LogP contribution in [0.3, 0.4) is 0 Å². The number of carbonyl (C=O) groups excluding carboxylic acids is 1. The van der Waals surface area contributed by atoms with Gasteiger partial charge in [0.2, 0.25) is 0 Å². The minimum Gasteiger partial charge on any atom is -0.464 e. The van der Waals surface area contributed by atoms with Gasteiger partial charge in [-0.25, -0.2) is 14.2 Å². The maximum absolute atomic E-state index is 13.7. The number of hydrogen-bond acceptors (Lipinski definition) is 4. The summed E-state index contributed by atoms with van der Waals surface area (Å²) >= 11 is 7.29. The number of halogens is 2. The molecule has 0 aliphatic heterocycles. The minimum absolute atomic E-state index is 0.258. The van der Waals surface area contributed by atoms with E-state index in [1.54, 1.807) is 19.1 Å². The van der Waals surface area contributed by atoms with E-state index in [9.17, 15) is 9.18 Å². The molecule has 2 aromatic rings. The molecule has 0 aliphatic carbocycles. The van der Waals surface area contributed by atoms with Crippen LogP contribution in [-0.4, -0.2) is 18.1 Å². The summed E-state index contributed by atoms with van der Waals surface area (Å²) in [5, 5.41) is 0.984. The van der Waals surface area contributed by atoms with Gasteiger partial charge in [-0.15, -0.1) is 11.3 Å². The Morgan fingerprint density at radius 1 is 1.53 bits per heavy atom. The van der Waals surface area contributed by atoms with Crippen LogP contribution in [0.15, 0.2) is 18.2 Å². The lowest BCUT2D eigenvalue weighted by Crippen LogP contribution is -2.03. The fraction of sp³-hybridized carbons (Fsp3) is 0.231. The number of benzene rings is 1. The van der Waals surface area contributed by atoms with Crippen LogP contribution < -0.4 is 0 Å². The highest BCUT2D eigenvalue weighted by Gasteiger charge is 2.17. The van der Waals surface area contributed by atoms with Crippen molar-refractivity contribution in [1.82, 2.24) is 4.98 Å². The summed E-state index contributed by atoms with van der Waals surface area (Å²) in [5.74, 6) is -0.861. The third-order valence-corrected chi connectivity index (χ3v) is 3.93. The Labute approximate surface area is 119 Å². The van der Waals surface area contributed by atoms with E-state index in [4.69, 9.17) is 11.6 Å². The van der Waals surface area contributed by atoms with E-state index in [1.807, 2.05) is 0 Å². The second-order valence-corrected chi connectivity index (χ2v) is 5.58. The van der Waals surface area contributed by atoms with Crippen molar-refractivity contribution >= 4 is 28.9 Å². The third kappa shape index (κ3) is 2.93. The maximum atomic E-state index is 13.7. The molecule has 0 fully saturated rings. The number of esters is 1. The zero-order chi connectivity index (χ0) is 14.0. The average Bonchev–Trinajstić information content (AvgIpc) is 2.74. The summed E-state index contributed by atoms with van der Waals surface area (Å²) in [5.41, 5.74) is 0.657. The molecule has 0 bridgehead atoms. The Kier molecular flexibility index (Phi) is 4.17. The molecule has 6 heteroatoms. The predicted octanol–water partition coefficient (Wildman–Crippen LogP) is 3.62. The van der Waals surface area contributed by atoms with Crippen molar-refractivity contribution in [3.8, 4) is 0 Å². The predicted molar refractivity (Wildman–Crippen MR) is 72.4 cm³/mol. The van der Waals surface area contributed by atoms with E-state index >= 15 is 0 Å². The van der Waals surface area contributed by atoms with Crippen molar-refractivity contribution < 1.29 is 13.9 Å². The lowest BCUT2D eigenvalue weighted by molar-refractivity contribution is 0.0594. The molecule has 0 amide bonds. The number of aromatic nitrogens is 1. The van der Waals surface area contributed by atoms with Crippen LogP contribution in [-0.2, 0) is 11.2 Å². The molecule has 1 aromatic heterocycles. The van der Waals surface area contributed by atoms with Gasteiger partial charge < -0.3 is 4.74 Å². The number of aryl methyl sites for hydroxylation is 1. The molecule has 0 unspecified atom stereocenters. The van der Waals surface area contributed by atoms with Crippen molar-refractivity contribution in [1.29, 1.82) is 0 Å². The molecular weight excluding hydrogens is 289 g/mol. The van der Waals surface area contributed by atoms with Crippen LogP contribution in [0.4, 0.5) is 4.39 Å². The largest absolute Gasteiger partial charge is 0.464 e. The van der Waals surface area contributed by atoms with Gasteiger partial charge in [0, 0.05) is 21.9 Å². The normalized spacial score (nSPS) is 10.5. The van der Waals surface area contributed by atoms with Crippen molar-refractivity contribution in [2.75, 3.05) is 7.11 Å². The monoisotopic (exact) mass is 299 g/mol. The highest BCUT2D eigenvalue weighted by Crippen LogP contribution is 2.26. The van der Waals surface area contributed by atoms with Gasteiger partial charge in [0.25, 0.3) is 0 Å². The standard InChI is InChI=1S/C13H11ClFNO2S/c1-7-12(13(17)18-2)16-11(19-7)6-8-9(14)4-3-5-10(8)15/h3-5H,6H2,1-2H3. The van der Waals surface area contributed by atoms with E-state index < -0.39 is 5.97 Å². The third-order valence-electron chi connectivity index (χ3n) is 2.61. The van der Waals surface area contributed by atoms with Crippen LogP contribution in [0.2, 0.25) is 5.02 Å². The molecule has 0 spiro atoms. The van der Waals surface area contributed by atoms with E-state index in [-0.39, 0.29) is 17.9 Å². The Hall–Kier alpha value is -1.46. The lowest BCUT2D eigenvalue weighted by Gasteiger charge is -2.02. The molecule has 0 saturated carbocycles. The van der Waals surface area contributed by atoms with Crippen LogP contribution in [0, 0.1) is 12.7 Å². The van der Waals surface area contributed by atoms with Crippen LogP contribution in [0.25, 0.3) is 0 Å². The number of methoxy groups -OCH3 is 1. The first-order valence-corrected chi connectivity index (χ1v) is 6.70. The summed E-state index contributed by atoms with van der Waals surface area (Å²) in [7, 11) is 1.30. The molecule has 1 heterocycles. The van der Waals surface area contributed by atoms with E-state index in [0.29, 0.717) is 15.6 Å². The summed E-state index contributed by atoms with van der Waals surface area (Å²) in [6, 6.07) is 4.53. The highest BCUT2D eigenvalue weighted by molar-refractivity contribution is 7.11. The number of nitrogens with zero attached hydrogens (tertiary/aromatic N) is 1. The molecule has 3 nitrogen and oxygen atoms in total. The first kappa shape index (κ1) is 14.0. The molecule has 19 heavy (non-hydrogen) atoms. The van der Waals surface area contributed by atoms with Gasteiger partial charge in [-0.05, 0) is 19.1 Å². The summed E-state index contributed by atoms with van der Waals surface area (Å²) in [6.07, 6.45) is 0.258. The Balaban J connectivity index is 2.32. The first-order chi connectivity index (χ1) is 9.02. The summed E-state index contributed by atoms with van der Waals surface area (Å²) in [6.45, 7) is 1.77. The van der Waals surface area contributed by atoms with Gasteiger partial charge in [0.15, 0.2) is 5.69 Å². The number of thiazole rings is 1. The topological polar surface area (TPSA) is 39.2 Å². The van der Waals surface area contributed by atoms with Crippen molar-refractivity contribution in [3.63, 3.8) is 0 Å². The number of ether oxygens (including phenoxy) is 1. The average molecular weight is 300 g/mol. The van der Waals surface area contributed by atoms with E-state index in [1.165, 1.54) is 24.5 Å². The molecule has 0 radical (unpaired) electrons. The van der Waals surface area contributed by atoms with Gasteiger partial charge in [-0.1, -0.05) is 17.7 Å². The Morgan fingerprint density at radius 2 is 2.26 bits per heavy atom. The van der Waals surface area contributed by atoms with Gasteiger partial charge in [-0.3, -0.25) is 0 Å². The number of rotatable bonds is 3.